The summed E-state index contributed by atoms with van der Waals surface area (Å²) in [5.41, 5.74) is 0.817. The third-order valence-corrected chi connectivity index (χ3v) is 1.43. The number of nitrogens with one attached hydrogen (secondary N) is 2. The molecule has 1 aromatic heterocycles. The second-order valence-corrected chi connectivity index (χ2v) is 2.37. The quantitative estimate of drug-likeness (QED) is 0.628. The maximum absolute atomic E-state index is 11.2. The third kappa shape index (κ3) is 2.25. The van der Waals surface area contributed by atoms with Gasteiger partial charge in [-0.05, 0) is 14.0 Å². The Kier molecular flexibility index (Phi) is 3.39. The summed E-state index contributed by atoms with van der Waals surface area (Å²) in [6, 6.07) is 0. The number of hydrogen-bond acceptors (Lipinski definition) is 5. The van der Waals surface area contributed by atoms with Gasteiger partial charge < -0.3 is 10.1 Å². The van der Waals surface area contributed by atoms with E-state index in [4.69, 9.17) is 4.74 Å². The molecule has 0 atom stereocenters. The molecule has 1 aromatic rings. The van der Waals surface area contributed by atoms with Gasteiger partial charge in [-0.15, -0.1) is 5.10 Å². The highest BCUT2D eigenvalue weighted by Crippen LogP contribution is 2.02. The maximum Gasteiger partial charge on any atom is 0.360 e. The fraction of sp³-hybridized carbons (Fsp3) is 0.571. The highest BCUT2D eigenvalue weighted by Gasteiger charge is 2.16. The van der Waals surface area contributed by atoms with E-state index >= 15 is 0 Å². The van der Waals surface area contributed by atoms with Crippen LogP contribution in [-0.2, 0) is 11.3 Å². The number of rotatable bonds is 4. The van der Waals surface area contributed by atoms with Crippen LogP contribution in [-0.4, -0.2) is 35.0 Å². The van der Waals surface area contributed by atoms with Crippen LogP contribution in [0, 0.1) is 0 Å². The first-order chi connectivity index (χ1) is 6.29. The number of hydrogen-bond donors (Lipinski definition) is 2. The van der Waals surface area contributed by atoms with Gasteiger partial charge in [0.1, 0.15) is 5.69 Å². The molecule has 0 spiro atoms. The van der Waals surface area contributed by atoms with Crippen molar-refractivity contribution < 1.29 is 9.53 Å². The second-order valence-electron chi connectivity index (χ2n) is 2.37. The SMILES string of the molecule is CCOC(=O)c1n[nH]nc1CNC. The zero-order valence-electron chi connectivity index (χ0n) is 7.63. The van der Waals surface area contributed by atoms with Gasteiger partial charge in [0, 0.05) is 6.54 Å². The van der Waals surface area contributed by atoms with Crippen molar-refractivity contribution in [1.29, 1.82) is 0 Å². The number of carbonyl (C=O) groups excluding carboxylic acids is 1. The zero-order valence-corrected chi connectivity index (χ0v) is 7.63. The summed E-state index contributed by atoms with van der Waals surface area (Å²) in [7, 11) is 1.77. The lowest BCUT2D eigenvalue weighted by atomic mass is 10.3. The van der Waals surface area contributed by atoms with Crippen molar-refractivity contribution in [2.75, 3.05) is 13.7 Å². The molecule has 0 radical (unpaired) electrons. The molecule has 0 aromatic carbocycles. The van der Waals surface area contributed by atoms with E-state index in [1.165, 1.54) is 0 Å². The Morgan fingerprint density at radius 3 is 3.00 bits per heavy atom. The van der Waals surface area contributed by atoms with Gasteiger partial charge in [0.15, 0.2) is 5.69 Å². The number of H-pyrrole nitrogens is 1. The van der Waals surface area contributed by atoms with Crippen molar-refractivity contribution in [2.24, 2.45) is 0 Å². The fourth-order valence-electron chi connectivity index (χ4n) is 0.906. The van der Waals surface area contributed by atoms with Gasteiger partial charge in [-0.1, -0.05) is 0 Å². The molecule has 0 aliphatic carbocycles. The Bertz CT molecular complexity index is 284. The molecule has 0 amide bonds. The van der Waals surface area contributed by atoms with E-state index in [9.17, 15) is 4.79 Å². The molecule has 0 unspecified atom stereocenters. The van der Waals surface area contributed by atoms with E-state index in [0.717, 1.165) is 0 Å². The molecule has 72 valence electrons. The number of esters is 1. The maximum atomic E-state index is 11.2. The summed E-state index contributed by atoms with van der Waals surface area (Å²) < 4.78 is 4.78. The number of aromatic nitrogens is 3. The van der Waals surface area contributed by atoms with Gasteiger partial charge in [0.05, 0.1) is 6.61 Å². The summed E-state index contributed by atoms with van der Waals surface area (Å²) in [4.78, 5) is 11.2. The van der Waals surface area contributed by atoms with E-state index in [1.54, 1.807) is 14.0 Å². The van der Waals surface area contributed by atoms with Crippen LogP contribution in [0.3, 0.4) is 0 Å². The minimum Gasteiger partial charge on any atom is -0.461 e. The van der Waals surface area contributed by atoms with Crippen molar-refractivity contribution in [1.82, 2.24) is 20.7 Å². The Morgan fingerprint density at radius 2 is 2.38 bits per heavy atom. The Hall–Kier alpha value is -1.43. The third-order valence-electron chi connectivity index (χ3n) is 1.43. The van der Waals surface area contributed by atoms with E-state index < -0.39 is 5.97 Å². The van der Waals surface area contributed by atoms with E-state index in [1.807, 2.05) is 0 Å². The molecule has 13 heavy (non-hydrogen) atoms. The van der Waals surface area contributed by atoms with E-state index in [2.05, 4.69) is 20.7 Å². The van der Waals surface area contributed by atoms with E-state index in [-0.39, 0.29) is 5.69 Å². The number of carbonyl (C=O) groups is 1. The van der Waals surface area contributed by atoms with Crippen LogP contribution < -0.4 is 5.32 Å². The van der Waals surface area contributed by atoms with E-state index in [0.29, 0.717) is 18.8 Å². The van der Waals surface area contributed by atoms with Crippen LogP contribution in [0.25, 0.3) is 0 Å². The monoisotopic (exact) mass is 184 g/mol. The van der Waals surface area contributed by atoms with Crippen LogP contribution in [0.2, 0.25) is 0 Å². The average molecular weight is 184 g/mol. The highest BCUT2D eigenvalue weighted by molar-refractivity contribution is 5.88. The van der Waals surface area contributed by atoms with Crippen LogP contribution in [0.4, 0.5) is 0 Å². The first-order valence-electron chi connectivity index (χ1n) is 4.01. The molecule has 1 heterocycles. The molecule has 0 saturated heterocycles. The summed E-state index contributed by atoms with van der Waals surface area (Å²) >= 11 is 0. The lowest BCUT2D eigenvalue weighted by Crippen LogP contribution is -2.13. The molecule has 0 saturated carbocycles. The van der Waals surface area contributed by atoms with Crippen molar-refractivity contribution in [2.45, 2.75) is 13.5 Å². The zero-order chi connectivity index (χ0) is 9.68. The molecule has 6 heteroatoms. The number of aromatic amines is 1. The fourth-order valence-corrected chi connectivity index (χ4v) is 0.906. The van der Waals surface area contributed by atoms with Crippen molar-refractivity contribution in [3.63, 3.8) is 0 Å². The molecule has 0 aliphatic rings. The van der Waals surface area contributed by atoms with Gasteiger partial charge in [-0.25, -0.2) is 4.79 Å². The molecule has 0 bridgehead atoms. The smallest absolute Gasteiger partial charge is 0.360 e. The van der Waals surface area contributed by atoms with Crippen LogP contribution in [0.15, 0.2) is 0 Å². The summed E-state index contributed by atoms with van der Waals surface area (Å²) in [6.07, 6.45) is 0. The summed E-state index contributed by atoms with van der Waals surface area (Å²) in [5, 5.41) is 12.8. The standard InChI is InChI=1S/C7H12N4O2/c1-3-13-7(12)6-5(4-8-2)9-11-10-6/h8H,3-4H2,1-2H3,(H,9,10,11). The topological polar surface area (TPSA) is 79.9 Å². The molecular weight excluding hydrogens is 172 g/mol. The molecule has 0 fully saturated rings. The van der Waals surface area contributed by atoms with Gasteiger partial charge in [-0.2, -0.15) is 10.3 Å². The lowest BCUT2D eigenvalue weighted by Gasteiger charge is -1.99. The minimum absolute atomic E-state index is 0.246. The Labute approximate surface area is 75.7 Å². The predicted octanol–water partition coefficient (Wildman–Crippen LogP) is -0.299. The Morgan fingerprint density at radius 1 is 1.62 bits per heavy atom. The minimum atomic E-state index is -0.443. The van der Waals surface area contributed by atoms with Crippen LogP contribution in [0.5, 0.6) is 0 Å². The number of nitrogens with zero attached hydrogens (tertiary/aromatic N) is 2. The largest absolute Gasteiger partial charge is 0.461 e. The van der Waals surface area contributed by atoms with Crippen LogP contribution in [0.1, 0.15) is 23.1 Å². The van der Waals surface area contributed by atoms with Gasteiger partial charge in [-0.3, -0.25) is 0 Å². The van der Waals surface area contributed by atoms with Crippen molar-refractivity contribution in [3.8, 4) is 0 Å². The molecule has 1 rings (SSSR count). The summed E-state index contributed by atoms with van der Waals surface area (Å²) in [6.45, 7) is 2.57. The van der Waals surface area contributed by atoms with Gasteiger partial charge >= 0.3 is 5.97 Å². The lowest BCUT2D eigenvalue weighted by molar-refractivity contribution is 0.0518. The average Bonchev–Trinajstić information content (AvgIpc) is 2.54. The molecule has 2 N–H and O–H groups in total. The first kappa shape index (κ1) is 9.66. The second kappa shape index (κ2) is 4.56. The van der Waals surface area contributed by atoms with Crippen molar-refractivity contribution in [3.05, 3.63) is 11.4 Å². The summed E-state index contributed by atoms with van der Waals surface area (Å²) in [5.74, 6) is -0.443. The molecule has 0 aliphatic heterocycles. The first-order valence-corrected chi connectivity index (χ1v) is 4.01. The van der Waals surface area contributed by atoms with Crippen LogP contribution >= 0.6 is 0 Å². The highest BCUT2D eigenvalue weighted by atomic mass is 16.5. The van der Waals surface area contributed by atoms with Crippen molar-refractivity contribution >= 4 is 5.97 Å². The van der Waals surface area contributed by atoms with Gasteiger partial charge in [0.2, 0.25) is 0 Å². The molecular formula is C7H12N4O2. The van der Waals surface area contributed by atoms with Gasteiger partial charge in [0.25, 0.3) is 0 Å². The molecule has 6 nitrogen and oxygen atoms in total. The predicted molar refractivity (Wildman–Crippen MR) is 45.1 cm³/mol. The normalized spacial score (nSPS) is 10.0. The Balaban J connectivity index is 2.74. The number of ether oxygens (including phenoxy) is 1.